The zero-order chi connectivity index (χ0) is 20.6. The Balaban J connectivity index is 2.16. The first-order valence-corrected chi connectivity index (χ1v) is 9.00. The fraction of sp³-hybridized carbons (Fsp3) is 0.400. The number of hydrogen-bond acceptors (Lipinski definition) is 7. The summed E-state index contributed by atoms with van der Waals surface area (Å²) in [5, 5.41) is 11.7. The highest BCUT2D eigenvalue weighted by molar-refractivity contribution is 5.99. The Morgan fingerprint density at radius 2 is 2.11 bits per heavy atom. The van der Waals surface area contributed by atoms with Crippen LogP contribution >= 0.6 is 0 Å². The van der Waals surface area contributed by atoms with Crippen LogP contribution in [0.15, 0.2) is 47.2 Å². The molecule has 0 fully saturated rings. The highest BCUT2D eigenvalue weighted by Crippen LogP contribution is 2.48. The van der Waals surface area contributed by atoms with Gasteiger partial charge in [0.15, 0.2) is 5.78 Å². The smallest absolute Gasteiger partial charge is 0.338 e. The van der Waals surface area contributed by atoms with Crippen molar-refractivity contribution in [2.24, 2.45) is 11.1 Å². The van der Waals surface area contributed by atoms with Crippen molar-refractivity contribution < 1.29 is 24.0 Å². The normalized spacial score (nSPS) is 21.1. The molecule has 8 heteroatoms. The van der Waals surface area contributed by atoms with Gasteiger partial charge in [0.1, 0.15) is 11.7 Å². The second-order valence-electron chi connectivity index (χ2n) is 7.67. The number of nitro groups is 1. The van der Waals surface area contributed by atoms with Gasteiger partial charge in [0.25, 0.3) is 5.88 Å². The molecule has 1 aliphatic carbocycles. The number of rotatable bonds is 4. The number of ketones is 1. The summed E-state index contributed by atoms with van der Waals surface area (Å²) in [6.45, 7) is 5.75. The minimum absolute atomic E-state index is 0.205. The molecule has 0 saturated heterocycles. The third kappa shape index (κ3) is 3.49. The number of Topliss-reactive ketones (excluding diaryl/α,β-unsaturated/α-hetero) is 1. The summed E-state index contributed by atoms with van der Waals surface area (Å²) in [4.78, 5) is 36.1. The lowest BCUT2D eigenvalue weighted by Gasteiger charge is -2.36. The highest BCUT2D eigenvalue weighted by atomic mass is 16.6. The van der Waals surface area contributed by atoms with E-state index in [4.69, 9.17) is 15.2 Å². The monoisotopic (exact) mass is 386 g/mol. The van der Waals surface area contributed by atoms with Crippen LogP contribution in [0, 0.1) is 15.5 Å². The van der Waals surface area contributed by atoms with E-state index in [1.165, 1.54) is 6.07 Å². The van der Waals surface area contributed by atoms with Crippen LogP contribution in [0.1, 0.15) is 55.5 Å². The maximum absolute atomic E-state index is 12.9. The largest absolute Gasteiger partial charge is 0.462 e. The second kappa shape index (κ2) is 7.10. The standard InChI is InChI=1S/C20H22N2O6/c1-4-27-19(24)12-7-5-6-11(8-12)15-16-13(23)9-20(2,3)10-14(16)28-18(21)17(15)22(25)26/h5-8,15H,4,9-10,21H2,1-3H3/t15-/m0/s1. The minimum Gasteiger partial charge on any atom is -0.462 e. The van der Waals surface area contributed by atoms with Crippen LogP contribution in [0.4, 0.5) is 0 Å². The zero-order valence-corrected chi connectivity index (χ0v) is 16.0. The molecule has 8 nitrogen and oxygen atoms in total. The third-order valence-corrected chi connectivity index (χ3v) is 4.85. The van der Waals surface area contributed by atoms with E-state index in [1.54, 1.807) is 25.1 Å². The van der Waals surface area contributed by atoms with E-state index in [0.29, 0.717) is 17.7 Å². The summed E-state index contributed by atoms with van der Waals surface area (Å²) < 4.78 is 10.5. The number of esters is 1. The number of carbonyl (C=O) groups is 2. The molecule has 3 rings (SSSR count). The predicted octanol–water partition coefficient (Wildman–Crippen LogP) is 3.02. The van der Waals surface area contributed by atoms with E-state index < -0.39 is 22.5 Å². The van der Waals surface area contributed by atoms with Crippen LogP contribution in [0.25, 0.3) is 0 Å². The molecule has 0 bridgehead atoms. The Labute approximate surface area is 162 Å². The number of nitrogens with two attached hydrogens (primary N) is 1. The molecule has 1 heterocycles. The fourth-order valence-electron chi connectivity index (χ4n) is 3.73. The van der Waals surface area contributed by atoms with E-state index in [1.807, 2.05) is 13.8 Å². The predicted molar refractivity (Wildman–Crippen MR) is 99.5 cm³/mol. The fourth-order valence-corrected chi connectivity index (χ4v) is 3.73. The Morgan fingerprint density at radius 1 is 1.39 bits per heavy atom. The Bertz CT molecular complexity index is 928. The summed E-state index contributed by atoms with van der Waals surface area (Å²) in [7, 11) is 0. The number of carbonyl (C=O) groups excluding carboxylic acids is 2. The van der Waals surface area contributed by atoms with Crippen molar-refractivity contribution in [3.63, 3.8) is 0 Å². The van der Waals surface area contributed by atoms with Gasteiger partial charge >= 0.3 is 11.7 Å². The van der Waals surface area contributed by atoms with Crippen LogP contribution in [0.5, 0.6) is 0 Å². The molecule has 1 aliphatic heterocycles. The first kappa shape index (κ1) is 19.6. The Hall–Kier alpha value is -3.16. The van der Waals surface area contributed by atoms with Gasteiger partial charge in [-0.05, 0) is 30.0 Å². The lowest BCUT2D eigenvalue weighted by molar-refractivity contribution is -0.433. The molecular formula is C20H22N2O6. The maximum atomic E-state index is 12.9. The lowest BCUT2D eigenvalue weighted by Crippen LogP contribution is -2.35. The first-order chi connectivity index (χ1) is 13.1. The molecular weight excluding hydrogens is 364 g/mol. The summed E-state index contributed by atoms with van der Waals surface area (Å²) >= 11 is 0. The van der Waals surface area contributed by atoms with Crippen molar-refractivity contribution in [3.05, 3.63) is 68.4 Å². The van der Waals surface area contributed by atoms with Crippen LogP contribution in [0.2, 0.25) is 0 Å². The molecule has 0 unspecified atom stereocenters. The molecule has 2 N–H and O–H groups in total. The van der Waals surface area contributed by atoms with Gasteiger partial charge in [0, 0.05) is 12.8 Å². The van der Waals surface area contributed by atoms with E-state index in [-0.39, 0.29) is 41.2 Å². The SMILES string of the molecule is CCOC(=O)c1cccc([C@H]2C3=C(CC(C)(C)CC3=O)OC(N)=C2[N+](=O)[O-])c1. The molecule has 2 aliphatic rings. The van der Waals surface area contributed by atoms with Crippen LogP contribution in [-0.2, 0) is 14.3 Å². The molecule has 1 aromatic carbocycles. The first-order valence-electron chi connectivity index (χ1n) is 9.00. The van der Waals surface area contributed by atoms with Crippen molar-refractivity contribution in [3.8, 4) is 0 Å². The zero-order valence-electron chi connectivity index (χ0n) is 16.0. The van der Waals surface area contributed by atoms with E-state index in [9.17, 15) is 19.7 Å². The van der Waals surface area contributed by atoms with Crippen molar-refractivity contribution in [1.82, 2.24) is 0 Å². The van der Waals surface area contributed by atoms with Crippen molar-refractivity contribution >= 4 is 11.8 Å². The summed E-state index contributed by atoms with van der Waals surface area (Å²) in [5.74, 6) is -1.74. The van der Waals surface area contributed by atoms with Gasteiger partial charge in [-0.25, -0.2) is 4.79 Å². The van der Waals surface area contributed by atoms with Gasteiger partial charge < -0.3 is 15.2 Å². The third-order valence-electron chi connectivity index (χ3n) is 4.85. The molecule has 0 saturated carbocycles. The number of hydrogen-bond donors (Lipinski definition) is 1. The summed E-state index contributed by atoms with van der Waals surface area (Å²) in [6.07, 6.45) is 0.683. The summed E-state index contributed by atoms with van der Waals surface area (Å²) in [6, 6.07) is 6.29. The Morgan fingerprint density at radius 3 is 2.75 bits per heavy atom. The molecule has 1 atom stereocenters. The molecule has 28 heavy (non-hydrogen) atoms. The average Bonchev–Trinajstić information content (AvgIpc) is 2.59. The number of nitrogens with zero attached hydrogens (tertiary/aromatic N) is 1. The van der Waals surface area contributed by atoms with E-state index in [0.717, 1.165) is 0 Å². The van der Waals surface area contributed by atoms with Crippen molar-refractivity contribution in [2.75, 3.05) is 6.61 Å². The van der Waals surface area contributed by atoms with Crippen LogP contribution in [0.3, 0.4) is 0 Å². The van der Waals surface area contributed by atoms with Crippen molar-refractivity contribution in [1.29, 1.82) is 0 Å². The number of benzene rings is 1. The molecule has 0 radical (unpaired) electrons. The molecule has 1 aromatic rings. The Kier molecular flexibility index (Phi) is 4.97. The maximum Gasteiger partial charge on any atom is 0.338 e. The van der Waals surface area contributed by atoms with Gasteiger partial charge in [0.2, 0.25) is 0 Å². The van der Waals surface area contributed by atoms with Crippen LogP contribution < -0.4 is 5.73 Å². The quantitative estimate of drug-likeness (QED) is 0.479. The minimum atomic E-state index is -1.00. The van der Waals surface area contributed by atoms with Crippen molar-refractivity contribution in [2.45, 2.75) is 39.5 Å². The van der Waals surface area contributed by atoms with Gasteiger partial charge in [0.05, 0.1) is 22.7 Å². The molecule has 0 amide bonds. The second-order valence-corrected chi connectivity index (χ2v) is 7.67. The van der Waals surface area contributed by atoms with Gasteiger partial charge in [-0.1, -0.05) is 26.0 Å². The average molecular weight is 386 g/mol. The number of ether oxygens (including phenoxy) is 2. The molecule has 0 aromatic heterocycles. The lowest BCUT2D eigenvalue weighted by atomic mass is 9.71. The highest BCUT2D eigenvalue weighted by Gasteiger charge is 2.47. The van der Waals surface area contributed by atoms with Gasteiger partial charge in [-0.3, -0.25) is 14.9 Å². The van der Waals surface area contributed by atoms with E-state index >= 15 is 0 Å². The number of allylic oxidation sites excluding steroid dienone is 2. The topological polar surface area (TPSA) is 122 Å². The van der Waals surface area contributed by atoms with Gasteiger partial charge in [-0.15, -0.1) is 0 Å². The molecule has 148 valence electrons. The summed E-state index contributed by atoms with van der Waals surface area (Å²) in [5.41, 5.74) is 6.05. The molecule has 0 spiro atoms. The van der Waals surface area contributed by atoms with Gasteiger partial charge in [-0.2, -0.15) is 0 Å². The van der Waals surface area contributed by atoms with E-state index in [2.05, 4.69) is 0 Å². The van der Waals surface area contributed by atoms with Crippen LogP contribution in [-0.4, -0.2) is 23.3 Å².